The van der Waals surface area contributed by atoms with Crippen molar-refractivity contribution in [3.8, 4) is 0 Å². The van der Waals surface area contributed by atoms with Gasteiger partial charge in [0.25, 0.3) is 0 Å². The van der Waals surface area contributed by atoms with E-state index in [1.807, 2.05) is 13.0 Å². The highest BCUT2D eigenvalue weighted by Gasteiger charge is 2.21. The fraction of sp³-hybridized carbons (Fsp3) is 0.364. The molecule has 0 atom stereocenters. The largest absolute Gasteiger partial charge is 0.497 e. The van der Waals surface area contributed by atoms with Crippen LogP contribution >= 0.6 is 0 Å². The molecule has 3 heteroatoms. The minimum Gasteiger partial charge on any atom is -0.497 e. The third-order valence-electron chi connectivity index (χ3n) is 2.29. The lowest BCUT2D eigenvalue weighted by Crippen LogP contribution is -2.21. The zero-order chi connectivity index (χ0) is 10.7. The number of carbonyl (C=O) groups excluding carboxylic acids is 1. The van der Waals surface area contributed by atoms with Crippen molar-refractivity contribution < 1.29 is 9.53 Å². The van der Waals surface area contributed by atoms with E-state index in [1.165, 1.54) is 0 Å². The maximum absolute atomic E-state index is 11.4. The Labute approximate surface area is 84.3 Å². The Morgan fingerprint density at radius 3 is 2.71 bits per heavy atom. The number of likely N-dealkylation sites (N-methyl/N-ethyl adjacent to an activating group) is 1. The minimum absolute atomic E-state index is 0.0904. The van der Waals surface area contributed by atoms with Gasteiger partial charge in [-0.3, -0.25) is 4.79 Å². The molecular formula is C11H15NO2. The Morgan fingerprint density at radius 1 is 1.64 bits per heavy atom. The Hall–Kier alpha value is -1.51. The summed E-state index contributed by atoms with van der Waals surface area (Å²) in [4.78, 5) is 13.1. The first-order chi connectivity index (χ1) is 6.56. The van der Waals surface area contributed by atoms with Crippen molar-refractivity contribution in [1.29, 1.82) is 0 Å². The molecule has 0 saturated heterocycles. The van der Waals surface area contributed by atoms with Crippen LogP contribution in [0.15, 0.2) is 35.6 Å². The molecule has 0 spiro atoms. The first-order valence-corrected chi connectivity index (χ1v) is 4.42. The van der Waals surface area contributed by atoms with Gasteiger partial charge in [0.1, 0.15) is 5.76 Å². The summed E-state index contributed by atoms with van der Waals surface area (Å²) in [6.45, 7) is 6.17. The summed E-state index contributed by atoms with van der Waals surface area (Å²) in [6.07, 6.45) is 3.65. The van der Waals surface area contributed by atoms with Crippen molar-refractivity contribution in [3.05, 3.63) is 35.6 Å². The highest BCUT2D eigenvalue weighted by Crippen LogP contribution is 2.18. The first kappa shape index (κ1) is 10.6. The van der Waals surface area contributed by atoms with E-state index in [2.05, 4.69) is 6.58 Å². The van der Waals surface area contributed by atoms with Crippen LogP contribution in [-0.4, -0.2) is 31.5 Å². The fourth-order valence-corrected chi connectivity index (χ4v) is 1.31. The second kappa shape index (κ2) is 4.13. The van der Waals surface area contributed by atoms with Crippen LogP contribution in [0.5, 0.6) is 0 Å². The fourth-order valence-electron chi connectivity index (χ4n) is 1.31. The molecule has 0 radical (unpaired) electrons. The van der Waals surface area contributed by atoms with E-state index in [-0.39, 0.29) is 5.91 Å². The number of carbonyl (C=O) groups is 1. The van der Waals surface area contributed by atoms with Gasteiger partial charge in [-0.05, 0) is 18.6 Å². The lowest BCUT2D eigenvalue weighted by molar-refractivity contribution is -0.124. The number of amides is 1. The smallest absolute Gasteiger partial charge is 0.249 e. The summed E-state index contributed by atoms with van der Waals surface area (Å²) >= 11 is 0. The second-order valence-electron chi connectivity index (χ2n) is 3.32. The summed E-state index contributed by atoms with van der Waals surface area (Å²) in [5.41, 5.74) is 1.82. The predicted octanol–water partition coefficient (Wildman–Crippen LogP) is 1.49. The van der Waals surface area contributed by atoms with Crippen LogP contribution in [0.1, 0.15) is 6.92 Å². The van der Waals surface area contributed by atoms with Crippen molar-refractivity contribution in [2.45, 2.75) is 6.92 Å². The normalized spacial score (nSPS) is 17.1. The molecule has 0 aromatic rings. The van der Waals surface area contributed by atoms with Crippen LogP contribution in [0.2, 0.25) is 0 Å². The van der Waals surface area contributed by atoms with E-state index >= 15 is 0 Å². The number of methoxy groups -OCH3 is 1. The third kappa shape index (κ3) is 2.05. The minimum atomic E-state index is 0.0904. The van der Waals surface area contributed by atoms with Crippen LogP contribution in [-0.2, 0) is 9.53 Å². The van der Waals surface area contributed by atoms with Gasteiger partial charge in [0.2, 0.25) is 5.91 Å². The number of allylic oxidation sites excluding steroid dienone is 1. The average Bonchev–Trinajstić information content (AvgIpc) is 2.42. The first-order valence-electron chi connectivity index (χ1n) is 4.42. The molecule has 1 amide bonds. The van der Waals surface area contributed by atoms with Crippen LogP contribution in [0.3, 0.4) is 0 Å². The molecule has 0 aliphatic carbocycles. The molecule has 1 heterocycles. The molecule has 3 nitrogen and oxygen atoms in total. The van der Waals surface area contributed by atoms with Crippen molar-refractivity contribution >= 4 is 5.91 Å². The number of hydrogen-bond donors (Lipinski definition) is 0. The van der Waals surface area contributed by atoms with Crippen LogP contribution < -0.4 is 0 Å². The maximum atomic E-state index is 11.4. The van der Waals surface area contributed by atoms with Gasteiger partial charge in [-0.1, -0.05) is 12.7 Å². The molecule has 1 aliphatic rings. The summed E-state index contributed by atoms with van der Waals surface area (Å²) in [5.74, 6) is 0.681. The number of ether oxygens (including phenoxy) is 1. The Balaban J connectivity index is 2.76. The summed E-state index contributed by atoms with van der Waals surface area (Å²) in [5, 5.41) is 0. The third-order valence-corrected chi connectivity index (χ3v) is 2.29. The highest BCUT2D eigenvalue weighted by molar-refractivity contribution is 5.96. The van der Waals surface area contributed by atoms with Gasteiger partial charge in [0.15, 0.2) is 0 Å². The monoisotopic (exact) mass is 193 g/mol. The van der Waals surface area contributed by atoms with Crippen molar-refractivity contribution in [2.24, 2.45) is 0 Å². The highest BCUT2D eigenvalue weighted by atomic mass is 16.5. The zero-order valence-corrected chi connectivity index (χ0v) is 8.83. The zero-order valence-electron chi connectivity index (χ0n) is 8.83. The van der Waals surface area contributed by atoms with Crippen molar-refractivity contribution in [3.63, 3.8) is 0 Å². The standard InChI is InChI=1S/C11H15NO2/c1-8(14-4)5-6-10-7-12(3)11(13)9(10)2/h5-6H,1,7H2,2-4H3/b6-5-. The second-order valence-corrected chi connectivity index (χ2v) is 3.32. The van der Waals surface area contributed by atoms with E-state index in [0.717, 1.165) is 11.1 Å². The molecule has 14 heavy (non-hydrogen) atoms. The molecule has 0 fully saturated rings. The summed E-state index contributed by atoms with van der Waals surface area (Å²) in [6, 6.07) is 0. The van der Waals surface area contributed by atoms with Crippen molar-refractivity contribution in [1.82, 2.24) is 4.90 Å². The molecular weight excluding hydrogens is 178 g/mol. The Morgan fingerprint density at radius 2 is 2.29 bits per heavy atom. The molecule has 0 aromatic carbocycles. The number of rotatable bonds is 3. The number of hydrogen-bond acceptors (Lipinski definition) is 2. The molecule has 0 N–H and O–H groups in total. The average molecular weight is 193 g/mol. The lowest BCUT2D eigenvalue weighted by Gasteiger charge is -2.06. The van der Waals surface area contributed by atoms with Gasteiger partial charge in [-0.15, -0.1) is 0 Å². The summed E-state index contributed by atoms with van der Waals surface area (Å²) < 4.78 is 4.90. The SMILES string of the molecule is C=C(/C=C\C1=C(C)C(=O)N(C)C1)OC. The van der Waals surface area contributed by atoms with E-state index < -0.39 is 0 Å². The lowest BCUT2D eigenvalue weighted by atomic mass is 10.1. The quantitative estimate of drug-likeness (QED) is 0.502. The van der Waals surface area contributed by atoms with Crippen molar-refractivity contribution in [2.75, 3.05) is 20.7 Å². The van der Waals surface area contributed by atoms with Gasteiger partial charge < -0.3 is 9.64 Å². The Bertz CT molecular complexity index is 326. The van der Waals surface area contributed by atoms with E-state index in [4.69, 9.17) is 4.74 Å². The van der Waals surface area contributed by atoms with Gasteiger partial charge in [-0.25, -0.2) is 0 Å². The maximum Gasteiger partial charge on any atom is 0.249 e. The molecule has 0 unspecified atom stereocenters. The van der Waals surface area contributed by atoms with E-state index in [0.29, 0.717) is 12.3 Å². The van der Waals surface area contributed by atoms with Crippen LogP contribution in [0.25, 0.3) is 0 Å². The molecule has 0 saturated carbocycles. The molecule has 0 aromatic heterocycles. The molecule has 76 valence electrons. The van der Waals surface area contributed by atoms with E-state index in [9.17, 15) is 4.79 Å². The molecule has 0 bridgehead atoms. The van der Waals surface area contributed by atoms with E-state index in [1.54, 1.807) is 25.1 Å². The van der Waals surface area contributed by atoms with Gasteiger partial charge in [-0.2, -0.15) is 0 Å². The van der Waals surface area contributed by atoms with Gasteiger partial charge in [0, 0.05) is 19.2 Å². The topological polar surface area (TPSA) is 29.5 Å². The Kier molecular flexibility index (Phi) is 3.12. The van der Waals surface area contributed by atoms with Crippen LogP contribution in [0, 0.1) is 0 Å². The predicted molar refractivity (Wildman–Crippen MR) is 55.6 cm³/mol. The molecule has 1 rings (SSSR count). The summed E-state index contributed by atoms with van der Waals surface area (Å²) in [7, 11) is 3.36. The van der Waals surface area contributed by atoms with Crippen LogP contribution in [0.4, 0.5) is 0 Å². The molecule has 1 aliphatic heterocycles. The van der Waals surface area contributed by atoms with Gasteiger partial charge >= 0.3 is 0 Å². The number of nitrogens with zero attached hydrogens (tertiary/aromatic N) is 1. The van der Waals surface area contributed by atoms with Gasteiger partial charge in [0.05, 0.1) is 7.11 Å².